The molecule has 2 unspecified atom stereocenters. The highest BCUT2D eigenvalue weighted by Gasteiger charge is 2.47. The summed E-state index contributed by atoms with van der Waals surface area (Å²) in [5, 5.41) is 8.06. The highest BCUT2D eigenvalue weighted by Crippen LogP contribution is 2.38. The highest BCUT2D eigenvalue weighted by molar-refractivity contribution is 5.81. The van der Waals surface area contributed by atoms with Gasteiger partial charge in [-0.15, -0.1) is 0 Å². The molecular formula is C15H23N3O2. The number of esters is 1. The molecule has 2 aliphatic rings. The van der Waals surface area contributed by atoms with Crippen molar-refractivity contribution in [2.45, 2.75) is 63.1 Å². The number of nitrogens with one attached hydrogen (secondary N) is 1. The number of methoxy groups -OCH3 is 1. The Morgan fingerprint density at radius 3 is 2.90 bits per heavy atom. The average Bonchev–Trinajstić information content (AvgIpc) is 3.16. The molecule has 5 heteroatoms. The van der Waals surface area contributed by atoms with E-state index >= 15 is 0 Å². The van der Waals surface area contributed by atoms with Crippen LogP contribution in [0, 0.1) is 6.92 Å². The Morgan fingerprint density at radius 1 is 1.50 bits per heavy atom. The summed E-state index contributed by atoms with van der Waals surface area (Å²) < 4.78 is 7.09. The first kappa shape index (κ1) is 13.6. The van der Waals surface area contributed by atoms with Crippen molar-refractivity contribution >= 4 is 5.97 Å². The minimum atomic E-state index is -0.515. The summed E-state index contributed by atoms with van der Waals surface area (Å²) in [6.45, 7) is 2.00. The van der Waals surface area contributed by atoms with E-state index < -0.39 is 5.54 Å². The zero-order chi connectivity index (χ0) is 14.2. The number of hydrogen-bond acceptors (Lipinski definition) is 4. The Balaban J connectivity index is 1.80. The molecule has 20 heavy (non-hydrogen) atoms. The van der Waals surface area contributed by atoms with Crippen LogP contribution < -0.4 is 5.32 Å². The van der Waals surface area contributed by atoms with Crippen LogP contribution in [-0.2, 0) is 9.53 Å². The van der Waals surface area contributed by atoms with E-state index in [0.717, 1.165) is 31.4 Å². The fraction of sp³-hybridized carbons (Fsp3) is 0.733. The van der Waals surface area contributed by atoms with Crippen molar-refractivity contribution in [3.8, 4) is 0 Å². The first-order valence-corrected chi connectivity index (χ1v) is 7.51. The molecule has 0 aromatic carbocycles. The van der Waals surface area contributed by atoms with Crippen LogP contribution in [0.1, 0.15) is 50.3 Å². The van der Waals surface area contributed by atoms with Crippen molar-refractivity contribution in [2.75, 3.05) is 7.11 Å². The van der Waals surface area contributed by atoms with E-state index in [1.54, 1.807) is 0 Å². The van der Waals surface area contributed by atoms with E-state index in [9.17, 15) is 4.79 Å². The number of hydrogen-bond donors (Lipinski definition) is 1. The van der Waals surface area contributed by atoms with Crippen LogP contribution in [0.3, 0.4) is 0 Å². The van der Waals surface area contributed by atoms with Gasteiger partial charge in [0, 0.05) is 12.2 Å². The number of ether oxygens (including phenoxy) is 1. The van der Waals surface area contributed by atoms with Gasteiger partial charge in [-0.2, -0.15) is 5.10 Å². The quantitative estimate of drug-likeness (QED) is 0.855. The summed E-state index contributed by atoms with van der Waals surface area (Å²) in [6.07, 6.45) is 8.11. The molecule has 1 aromatic heterocycles. The molecular weight excluding hydrogens is 254 g/mol. The van der Waals surface area contributed by atoms with Crippen molar-refractivity contribution in [2.24, 2.45) is 0 Å². The molecule has 110 valence electrons. The molecule has 0 bridgehead atoms. The maximum Gasteiger partial charge on any atom is 0.326 e. The molecule has 2 aliphatic carbocycles. The topological polar surface area (TPSA) is 56.1 Å². The second kappa shape index (κ2) is 5.20. The molecule has 0 saturated heterocycles. The summed E-state index contributed by atoms with van der Waals surface area (Å²) in [5.41, 5.74) is 0.507. The van der Waals surface area contributed by atoms with Crippen LogP contribution >= 0.6 is 0 Å². The van der Waals surface area contributed by atoms with Crippen LogP contribution in [-0.4, -0.2) is 34.4 Å². The molecule has 1 heterocycles. The summed E-state index contributed by atoms with van der Waals surface area (Å²) in [5.74, 6) is -0.113. The number of nitrogens with zero attached hydrogens (tertiary/aromatic N) is 2. The van der Waals surface area contributed by atoms with Gasteiger partial charge >= 0.3 is 5.97 Å². The van der Waals surface area contributed by atoms with Gasteiger partial charge in [-0.1, -0.05) is 0 Å². The summed E-state index contributed by atoms with van der Waals surface area (Å²) in [6, 6.07) is 2.79. The molecule has 0 amide bonds. The molecule has 2 saturated carbocycles. The van der Waals surface area contributed by atoms with Crippen LogP contribution in [0.25, 0.3) is 0 Å². The molecule has 1 aromatic rings. The third-order valence-corrected chi connectivity index (χ3v) is 4.47. The van der Waals surface area contributed by atoms with Gasteiger partial charge in [0.1, 0.15) is 5.54 Å². The predicted molar refractivity (Wildman–Crippen MR) is 75.4 cm³/mol. The fourth-order valence-corrected chi connectivity index (χ4v) is 3.30. The van der Waals surface area contributed by atoms with E-state index in [1.165, 1.54) is 20.0 Å². The van der Waals surface area contributed by atoms with Crippen molar-refractivity contribution in [1.82, 2.24) is 15.1 Å². The number of carbonyl (C=O) groups is 1. The van der Waals surface area contributed by atoms with Crippen molar-refractivity contribution < 1.29 is 9.53 Å². The first-order chi connectivity index (χ1) is 9.63. The number of aromatic nitrogens is 2. The van der Waals surface area contributed by atoms with Crippen LogP contribution in [0.2, 0.25) is 0 Å². The van der Waals surface area contributed by atoms with Crippen LogP contribution in [0.5, 0.6) is 0 Å². The Hall–Kier alpha value is -1.36. The summed E-state index contributed by atoms with van der Waals surface area (Å²) >= 11 is 0. The molecule has 5 nitrogen and oxygen atoms in total. The lowest BCUT2D eigenvalue weighted by molar-refractivity contribution is -0.151. The smallest absolute Gasteiger partial charge is 0.326 e. The highest BCUT2D eigenvalue weighted by atomic mass is 16.5. The molecule has 2 atom stereocenters. The van der Waals surface area contributed by atoms with Crippen molar-refractivity contribution in [3.05, 3.63) is 18.0 Å². The molecule has 0 spiro atoms. The Labute approximate surface area is 119 Å². The monoisotopic (exact) mass is 277 g/mol. The first-order valence-electron chi connectivity index (χ1n) is 7.51. The third-order valence-electron chi connectivity index (χ3n) is 4.47. The van der Waals surface area contributed by atoms with Gasteiger partial charge in [0.2, 0.25) is 0 Å². The van der Waals surface area contributed by atoms with Crippen LogP contribution in [0.15, 0.2) is 12.3 Å². The number of rotatable bonds is 4. The lowest BCUT2D eigenvalue weighted by Gasteiger charge is -2.39. The summed E-state index contributed by atoms with van der Waals surface area (Å²) in [4.78, 5) is 12.3. The second-order valence-electron chi connectivity index (χ2n) is 6.18. The molecule has 2 fully saturated rings. The SMILES string of the molecule is COC(=O)C1(NC2CC2)CCCC(n2ccc(C)n2)C1. The van der Waals surface area contributed by atoms with Gasteiger partial charge in [0.15, 0.2) is 0 Å². The molecule has 3 rings (SSSR count). The molecule has 1 N–H and O–H groups in total. The van der Waals surface area contributed by atoms with E-state index in [4.69, 9.17) is 4.74 Å². The van der Waals surface area contributed by atoms with E-state index in [1.807, 2.05) is 23.9 Å². The van der Waals surface area contributed by atoms with Crippen molar-refractivity contribution in [1.29, 1.82) is 0 Å². The minimum absolute atomic E-state index is 0.113. The zero-order valence-electron chi connectivity index (χ0n) is 12.3. The standard InChI is InChI=1S/C15H23N3O2/c1-11-7-9-18(17-11)13-4-3-8-15(10-13,14(19)20-2)16-12-5-6-12/h7,9,12-13,16H,3-6,8,10H2,1-2H3. The van der Waals surface area contributed by atoms with Crippen LogP contribution in [0.4, 0.5) is 0 Å². The lowest BCUT2D eigenvalue weighted by atomic mass is 9.78. The van der Waals surface area contributed by atoms with Gasteiger partial charge in [-0.3, -0.25) is 14.8 Å². The average molecular weight is 277 g/mol. The Bertz CT molecular complexity index is 495. The number of carbonyl (C=O) groups excluding carboxylic acids is 1. The van der Waals surface area contributed by atoms with Gasteiger partial charge in [-0.25, -0.2) is 0 Å². The number of aryl methyl sites for hydroxylation is 1. The Kier molecular flexibility index (Phi) is 3.54. The molecule has 0 aliphatic heterocycles. The van der Waals surface area contributed by atoms with Gasteiger partial charge in [0.25, 0.3) is 0 Å². The maximum absolute atomic E-state index is 12.3. The largest absolute Gasteiger partial charge is 0.468 e. The summed E-state index contributed by atoms with van der Waals surface area (Å²) in [7, 11) is 1.49. The second-order valence-corrected chi connectivity index (χ2v) is 6.18. The van der Waals surface area contributed by atoms with E-state index in [-0.39, 0.29) is 12.0 Å². The zero-order valence-corrected chi connectivity index (χ0v) is 12.3. The minimum Gasteiger partial charge on any atom is -0.468 e. The predicted octanol–water partition coefficient (Wildman–Crippen LogP) is 1.97. The van der Waals surface area contributed by atoms with Crippen molar-refractivity contribution in [3.63, 3.8) is 0 Å². The lowest BCUT2D eigenvalue weighted by Crippen LogP contribution is -2.56. The maximum atomic E-state index is 12.3. The van der Waals surface area contributed by atoms with Gasteiger partial charge < -0.3 is 4.74 Å². The normalized spacial score (nSPS) is 30.2. The molecule has 0 radical (unpaired) electrons. The van der Waals surface area contributed by atoms with E-state index in [0.29, 0.717) is 6.04 Å². The third kappa shape index (κ3) is 2.59. The fourth-order valence-electron chi connectivity index (χ4n) is 3.30. The Morgan fingerprint density at radius 2 is 2.30 bits per heavy atom. The van der Waals surface area contributed by atoms with E-state index in [2.05, 4.69) is 10.4 Å². The van der Waals surface area contributed by atoms with Gasteiger partial charge in [-0.05, 0) is 51.5 Å². The van der Waals surface area contributed by atoms with Gasteiger partial charge in [0.05, 0.1) is 18.8 Å².